The molecule has 0 saturated carbocycles. The van der Waals surface area contributed by atoms with E-state index in [-0.39, 0.29) is 18.0 Å². The fraction of sp³-hybridized carbons (Fsp3) is 0.385. The molecule has 92 valence electrons. The minimum Gasteiger partial charge on any atom is -0.351 e. The molecule has 0 saturated heterocycles. The molecule has 0 bridgehead atoms. The minimum atomic E-state index is -0.245. The SMILES string of the molecule is C=CCNC(=O)C(C)N[C@@H](C)c1cccnc1. The molecule has 0 aliphatic heterocycles. The van der Waals surface area contributed by atoms with E-state index in [4.69, 9.17) is 0 Å². The van der Waals surface area contributed by atoms with Crippen LogP contribution in [0.2, 0.25) is 0 Å². The van der Waals surface area contributed by atoms with Crippen molar-refractivity contribution in [1.82, 2.24) is 15.6 Å². The smallest absolute Gasteiger partial charge is 0.237 e. The van der Waals surface area contributed by atoms with Crippen molar-refractivity contribution >= 4 is 5.91 Å². The molecule has 4 heteroatoms. The van der Waals surface area contributed by atoms with E-state index in [1.165, 1.54) is 0 Å². The number of amides is 1. The lowest BCUT2D eigenvalue weighted by Gasteiger charge is -2.19. The first-order valence-electron chi connectivity index (χ1n) is 5.69. The van der Waals surface area contributed by atoms with Crippen LogP contribution in [0.4, 0.5) is 0 Å². The molecule has 0 aliphatic rings. The van der Waals surface area contributed by atoms with Gasteiger partial charge in [-0.15, -0.1) is 6.58 Å². The molecule has 0 aromatic carbocycles. The topological polar surface area (TPSA) is 54.0 Å². The minimum absolute atomic E-state index is 0.0272. The van der Waals surface area contributed by atoms with Crippen LogP contribution in [0.1, 0.15) is 25.5 Å². The molecule has 1 aromatic heterocycles. The number of rotatable bonds is 6. The molecule has 17 heavy (non-hydrogen) atoms. The van der Waals surface area contributed by atoms with Gasteiger partial charge in [0.15, 0.2) is 0 Å². The zero-order valence-electron chi connectivity index (χ0n) is 10.3. The van der Waals surface area contributed by atoms with Crippen LogP contribution in [0, 0.1) is 0 Å². The van der Waals surface area contributed by atoms with E-state index in [0.717, 1.165) is 5.56 Å². The fourth-order valence-corrected chi connectivity index (χ4v) is 1.50. The standard InChI is InChI=1S/C13H19N3O/c1-4-7-15-13(17)11(3)16-10(2)12-6-5-8-14-9-12/h4-6,8-11,16H,1,7H2,2-3H3,(H,15,17)/t10-,11?/m0/s1. The van der Waals surface area contributed by atoms with Crippen molar-refractivity contribution in [2.24, 2.45) is 0 Å². The number of carbonyl (C=O) groups is 1. The summed E-state index contributed by atoms with van der Waals surface area (Å²) < 4.78 is 0. The van der Waals surface area contributed by atoms with Crippen LogP contribution in [0.15, 0.2) is 37.2 Å². The summed E-state index contributed by atoms with van der Waals surface area (Å²) in [6.45, 7) is 7.90. The second-order valence-electron chi connectivity index (χ2n) is 3.93. The van der Waals surface area contributed by atoms with E-state index in [1.807, 2.05) is 26.0 Å². The number of hydrogen-bond donors (Lipinski definition) is 2. The number of nitrogens with one attached hydrogen (secondary N) is 2. The molecule has 1 rings (SSSR count). The van der Waals surface area contributed by atoms with E-state index >= 15 is 0 Å². The highest BCUT2D eigenvalue weighted by Gasteiger charge is 2.15. The van der Waals surface area contributed by atoms with E-state index in [1.54, 1.807) is 18.5 Å². The second-order valence-corrected chi connectivity index (χ2v) is 3.93. The van der Waals surface area contributed by atoms with Crippen molar-refractivity contribution in [1.29, 1.82) is 0 Å². The lowest BCUT2D eigenvalue weighted by Crippen LogP contribution is -2.43. The molecule has 4 nitrogen and oxygen atoms in total. The Balaban J connectivity index is 2.48. The molecule has 1 amide bonds. The Bertz CT molecular complexity index is 364. The summed E-state index contributed by atoms with van der Waals surface area (Å²) in [5.74, 6) is -0.0272. The van der Waals surface area contributed by atoms with Crippen molar-refractivity contribution in [3.8, 4) is 0 Å². The highest BCUT2D eigenvalue weighted by molar-refractivity contribution is 5.81. The first-order chi connectivity index (χ1) is 8.15. The van der Waals surface area contributed by atoms with Gasteiger partial charge < -0.3 is 5.32 Å². The molecule has 2 atom stereocenters. The number of aromatic nitrogens is 1. The Morgan fingerprint density at radius 1 is 1.59 bits per heavy atom. The van der Waals surface area contributed by atoms with Gasteiger partial charge in [-0.3, -0.25) is 15.1 Å². The zero-order chi connectivity index (χ0) is 12.7. The van der Waals surface area contributed by atoms with Crippen LogP contribution in [0.5, 0.6) is 0 Å². The summed E-state index contributed by atoms with van der Waals surface area (Å²) >= 11 is 0. The molecule has 1 heterocycles. The van der Waals surface area contributed by atoms with Gasteiger partial charge >= 0.3 is 0 Å². The first-order valence-corrected chi connectivity index (χ1v) is 5.69. The summed E-state index contributed by atoms with van der Waals surface area (Å²) in [4.78, 5) is 15.7. The average Bonchev–Trinajstić information content (AvgIpc) is 2.36. The van der Waals surface area contributed by atoms with Gasteiger partial charge in [0.25, 0.3) is 0 Å². The molecular weight excluding hydrogens is 214 g/mol. The van der Waals surface area contributed by atoms with E-state index < -0.39 is 0 Å². The summed E-state index contributed by atoms with van der Waals surface area (Å²) in [6.07, 6.45) is 5.19. The maximum atomic E-state index is 11.6. The molecule has 2 N–H and O–H groups in total. The summed E-state index contributed by atoms with van der Waals surface area (Å²) in [5.41, 5.74) is 1.07. The average molecular weight is 233 g/mol. The highest BCUT2D eigenvalue weighted by Crippen LogP contribution is 2.10. The van der Waals surface area contributed by atoms with Gasteiger partial charge in [-0.2, -0.15) is 0 Å². The third-order valence-corrected chi connectivity index (χ3v) is 2.50. The van der Waals surface area contributed by atoms with Crippen LogP contribution >= 0.6 is 0 Å². The van der Waals surface area contributed by atoms with Gasteiger partial charge in [0.2, 0.25) is 5.91 Å². The van der Waals surface area contributed by atoms with Crippen LogP contribution in [-0.2, 0) is 4.79 Å². The molecular formula is C13H19N3O. The van der Waals surface area contributed by atoms with Crippen molar-refractivity contribution in [2.75, 3.05) is 6.54 Å². The van der Waals surface area contributed by atoms with Crippen LogP contribution < -0.4 is 10.6 Å². The summed E-state index contributed by atoms with van der Waals surface area (Å²) in [6, 6.07) is 3.72. The summed E-state index contributed by atoms with van der Waals surface area (Å²) in [7, 11) is 0. The van der Waals surface area contributed by atoms with Crippen molar-refractivity contribution < 1.29 is 4.79 Å². The molecule has 1 aromatic rings. The lowest BCUT2D eigenvalue weighted by atomic mass is 10.1. The van der Waals surface area contributed by atoms with Crippen LogP contribution in [0.3, 0.4) is 0 Å². The van der Waals surface area contributed by atoms with Crippen molar-refractivity contribution in [3.05, 3.63) is 42.7 Å². The number of nitrogens with zero attached hydrogens (tertiary/aromatic N) is 1. The quantitative estimate of drug-likeness (QED) is 0.731. The first kappa shape index (κ1) is 13.4. The number of hydrogen-bond acceptors (Lipinski definition) is 3. The lowest BCUT2D eigenvalue weighted by molar-refractivity contribution is -0.122. The largest absolute Gasteiger partial charge is 0.351 e. The Hall–Kier alpha value is -1.68. The van der Waals surface area contributed by atoms with Gasteiger partial charge in [0.05, 0.1) is 6.04 Å². The number of pyridine rings is 1. The Kier molecular flexibility index (Phi) is 5.36. The molecule has 0 spiro atoms. The zero-order valence-corrected chi connectivity index (χ0v) is 10.3. The Labute approximate surface area is 102 Å². The normalized spacial score (nSPS) is 13.8. The van der Waals surface area contributed by atoms with Crippen molar-refractivity contribution in [3.63, 3.8) is 0 Å². The van der Waals surface area contributed by atoms with E-state index in [9.17, 15) is 4.79 Å². The third kappa shape index (κ3) is 4.36. The summed E-state index contributed by atoms with van der Waals surface area (Å²) in [5, 5.41) is 5.97. The Morgan fingerprint density at radius 3 is 2.94 bits per heavy atom. The maximum absolute atomic E-state index is 11.6. The van der Waals surface area contributed by atoms with Gasteiger partial charge in [-0.25, -0.2) is 0 Å². The van der Waals surface area contributed by atoms with Gasteiger partial charge in [-0.05, 0) is 25.5 Å². The van der Waals surface area contributed by atoms with Gasteiger partial charge in [-0.1, -0.05) is 12.1 Å². The highest BCUT2D eigenvalue weighted by atomic mass is 16.2. The predicted octanol–water partition coefficient (Wildman–Crippen LogP) is 1.42. The second kappa shape index (κ2) is 6.81. The third-order valence-electron chi connectivity index (χ3n) is 2.50. The molecule has 0 radical (unpaired) electrons. The van der Waals surface area contributed by atoms with E-state index in [0.29, 0.717) is 6.54 Å². The maximum Gasteiger partial charge on any atom is 0.237 e. The molecule has 1 unspecified atom stereocenters. The predicted molar refractivity (Wildman–Crippen MR) is 68.5 cm³/mol. The van der Waals surface area contributed by atoms with Gasteiger partial charge in [0.1, 0.15) is 0 Å². The van der Waals surface area contributed by atoms with E-state index in [2.05, 4.69) is 22.2 Å². The molecule has 0 fully saturated rings. The van der Waals surface area contributed by atoms with Crippen molar-refractivity contribution in [2.45, 2.75) is 25.9 Å². The molecule has 0 aliphatic carbocycles. The van der Waals surface area contributed by atoms with Crippen LogP contribution in [-0.4, -0.2) is 23.5 Å². The van der Waals surface area contributed by atoms with Gasteiger partial charge in [0, 0.05) is 25.0 Å². The monoisotopic (exact) mass is 233 g/mol. The van der Waals surface area contributed by atoms with Crippen LogP contribution in [0.25, 0.3) is 0 Å². The number of carbonyl (C=O) groups excluding carboxylic acids is 1. The Morgan fingerprint density at radius 2 is 2.35 bits per heavy atom. The fourth-order valence-electron chi connectivity index (χ4n) is 1.50.